The molecule has 1 heterocycles. The lowest BCUT2D eigenvalue weighted by Crippen LogP contribution is -2.06. The van der Waals surface area contributed by atoms with Crippen LogP contribution in [0, 0.1) is 22.7 Å². The molecule has 5 heteroatoms. The summed E-state index contributed by atoms with van der Waals surface area (Å²) in [6.07, 6.45) is 0. The van der Waals surface area contributed by atoms with Crippen molar-refractivity contribution in [2.75, 3.05) is 7.11 Å². The van der Waals surface area contributed by atoms with Crippen LogP contribution in [-0.2, 0) is 0 Å². The molecule has 0 radical (unpaired) electrons. The summed E-state index contributed by atoms with van der Waals surface area (Å²) in [4.78, 5) is 0. The van der Waals surface area contributed by atoms with Crippen LogP contribution < -0.4 is 10.1 Å². The molecule has 1 aliphatic rings. The van der Waals surface area contributed by atoms with Gasteiger partial charge in [0.15, 0.2) is 5.57 Å². The number of nitrogens with one attached hydrogen (secondary N) is 1. The van der Waals surface area contributed by atoms with Gasteiger partial charge in [-0.3, -0.25) is 0 Å². The van der Waals surface area contributed by atoms with Crippen molar-refractivity contribution < 1.29 is 4.74 Å². The third-order valence-corrected chi connectivity index (χ3v) is 3.29. The first kappa shape index (κ1) is 12.1. The first-order valence-electron chi connectivity index (χ1n) is 5.11. The normalized spacial score (nSPS) is 13.1. The van der Waals surface area contributed by atoms with Gasteiger partial charge in [-0.15, -0.1) is 0 Å². The summed E-state index contributed by atoms with van der Waals surface area (Å²) < 4.78 is 5.09. The lowest BCUT2D eigenvalue weighted by Gasteiger charge is -2.06. The lowest BCUT2D eigenvalue weighted by atomic mass is 10.1. The Bertz CT molecular complexity index is 587. The second kappa shape index (κ2) is 5.31. The third kappa shape index (κ3) is 2.32. The first-order valence-corrected chi connectivity index (χ1v) is 5.99. The number of benzene rings is 1. The number of hydrogen-bond acceptors (Lipinski definition) is 5. The molecule has 1 aromatic carbocycles. The zero-order valence-corrected chi connectivity index (χ0v) is 10.4. The van der Waals surface area contributed by atoms with Gasteiger partial charge in [0, 0.05) is 5.41 Å². The van der Waals surface area contributed by atoms with Crippen molar-refractivity contribution in [1.29, 1.82) is 10.5 Å². The van der Waals surface area contributed by atoms with Crippen LogP contribution in [-0.4, -0.2) is 7.11 Å². The minimum atomic E-state index is 0.0970. The molecule has 18 heavy (non-hydrogen) atoms. The molecule has 4 nitrogen and oxygen atoms in total. The standard InChI is InChI=1S/C13H9N3OS/c1-17-11-4-2-9(3-5-11)12-8-18-13(16-12)10(6-14)7-15/h2-5,8,16H,1H3. The van der Waals surface area contributed by atoms with Crippen LogP contribution in [0.15, 0.2) is 40.3 Å². The monoisotopic (exact) mass is 255 g/mol. The zero-order valence-electron chi connectivity index (χ0n) is 9.60. The summed E-state index contributed by atoms with van der Waals surface area (Å²) in [6, 6.07) is 11.3. The summed E-state index contributed by atoms with van der Waals surface area (Å²) in [5, 5.41) is 23.1. The van der Waals surface area contributed by atoms with E-state index in [1.807, 2.05) is 41.8 Å². The van der Waals surface area contributed by atoms with Gasteiger partial charge in [-0.05, 0) is 29.8 Å². The highest BCUT2D eigenvalue weighted by molar-refractivity contribution is 8.06. The van der Waals surface area contributed by atoms with Crippen LogP contribution in [0.4, 0.5) is 0 Å². The van der Waals surface area contributed by atoms with E-state index in [1.54, 1.807) is 7.11 Å². The number of allylic oxidation sites excluding steroid dienone is 1. The topological polar surface area (TPSA) is 68.8 Å². The summed E-state index contributed by atoms with van der Waals surface area (Å²) >= 11 is 1.34. The highest BCUT2D eigenvalue weighted by Crippen LogP contribution is 2.32. The molecule has 0 saturated carbocycles. The summed E-state index contributed by atoms with van der Waals surface area (Å²) in [5.41, 5.74) is 1.95. The van der Waals surface area contributed by atoms with E-state index in [0.717, 1.165) is 17.0 Å². The van der Waals surface area contributed by atoms with E-state index in [-0.39, 0.29) is 5.57 Å². The molecule has 0 fully saturated rings. The van der Waals surface area contributed by atoms with E-state index in [0.29, 0.717) is 5.03 Å². The molecule has 0 atom stereocenters. The minimum absolute atomic E-state index is 0.0970. The maximum Gasteiger partial charge on any atom is 0.160 e. The van der Waals surface area contributed by atoms with Gasteiger partial charge >= 0.3 is 0 Å². The Balaban J connectivity index is 2.21. The van der Waals surface area contributed by atoms with E-state index in [1.165, 1.54) is 11.8 Å². The Kier molecular flexibility index (Phi) is 3.57. The Hall–Kier alpha value is -2.37. The van der Waals surface area contributed by atoms with Crippen molar-refractivity contribution in [3.05, 3.63) is 45.8 Å². The maximum atomic E-state index is 8.79. The van der Waals surface area contributed by atoms with E-state index < -0.39 is 0 Å². The van der Waals surface area contributed by atoms with Crippen LogP contribution >= 0.6 is 11.8 Å². The Labute approximate surface area is 109 Å². The van der Waals surface area contributed by atoms with Crippen molar-refractivity contribution >= 4 is 17.5 Å². The minimum Gasteiger partial charge on any atom is -0.497 e. The second-order valence-corrected chi connectivity index (χ2v) is 4.31. The Morgan fingerprint density at radius 2 is 1.89 bits per heavy atom. The van der Waals surface area contributed by atoms with E-state index in [9.17, 15) is 0 Å². The van der Waals surface area contributed by atoms with Crippen LogP contribution in [0.2, 0.25) is 0 Å². The number of thioether (sulfide) groups is 1. The molecule has 1 aromatic rings. The summed E-state index contributed by atoms with van der Waals surface area (Å²) in [6.45, 7) is 0. The summed E-state index contributed by atoms with van der Waals surface area (Å²) in [5.74, 6) is 0.788. The number of nitriles is 2. The third-order valence-electron chi connectivity index (χ3n) is 2.39. The molecule has 0 bridgehead atoms. The molecule has 88 valence electrons. The fourth-order valence-electron chi connectivity index (χ4n) is 1.46. The quantitative estimate of drug-likeness (QED) is 0.822. The SMILES string of the molecule is COc1ccc(C2=CSC(=C(C#N)C#N)N2)cc1. The van der Waals surface area contributed by atoms with Gasteiger partial charge in [-0.1, -0.05) is 11.8 Å². The number of rotatable bonds is 2. The number of methoxy groups -OCH3 is 1. The lowest BCUT2D eigenvalue weighted by molar-refractivity contribution is 0.415. The molecule has 0 amide bonds. The zero-order chi connectivity index (χ0) is 13.0. The van der Waals surface area contributed by atoms with Crippen molar-refractivity contribution in [2.45, 2.75) is 0 Å². The number of hydrogen-bond donors (Lipinski definition) is 1. The molecule has 1 N–H and O–H groups in total. The van der Waals surface area contributed by atoms with Gasteiger partial charge in [0.05, 0.1) is 12.8 Å². The molecule has 0 unspecified atom stereocenters. The van der Waals surface area contributed by atoms with Crippen LogP contribution in [0.1, 0.15) is 5.56 Å². The fraction of sp³-hybridized carbons (Fsp3) is 0.0769. The van der Waals surface area contributed by atoms with E-state index in [2.05, 4.69) is 5.32 Å². The smallest absolute Gasteiger partial charge is 0.160 e. The first-order chi connectivity index (χ1) is 8.78. The van der Waals surface area contributed by atoms with Crippen molar-refractivity contribution in [3.63, 3.8) is 0 Å². The number of ether oxygens (including phenoxy) is 1. The molecule has 0 saturated heterocycles. The average Bonchev–Trinajstić information content (AvgIpc) is 2.90. The molecule has 0 spiro atoms. The van der Waals surface area contributed by atoms with Crippen LogP contribution in [0.5, 0.6) is 5.75 Å². The predicted octanol–water partition coefficient (Wildman–Crippen LogP) is 2.59. The average molecular weight is 255 g/mol. The van der Waals surface area contributed by atoms with Gasteiger partial charge in [0.1, 0.15) is 22.9 Å². The molecule has 2 rings (SSSR count). The highest BCUT2D eigenvalue weighted by atomic mass is 32.2. The predicted molar refractivity (Wildman–Crippen MR) is 69.9 cm³/mol. The highest BCUT2D eigenvalue weighted by Gasteiger charge is 2.15. The molecular weight excluding hydrogens is 246 g/mol. The Morgan fingerprint density at radius 1 is 1.22 bits per heavy atom. The Morgan fingerprint density at radius 3 is 2.44 bits per heavy atom. The maximum absolute atomic E-state index is 8.79. The van der Waals surface area contributed by atoms with Crippen molar-refractivity contribution in [1.82, 2.24) is 5.32 Å². The van der Waals surface area contributed by atoms with E-state index in [4.69, 9.17) is 15.3 Å². The van der Waals surface area contributed by atoms with E-state index >= 15 is 0 Å². The molecule has 0 aromatic heterocycles. The molecular formula is C13H9N3OS. The molecule has 0 aliphatic carbocycles. The van der Waals surface area contributed by atoms with Crippen LogP contribution in [0.3, 0.4) is 0 Å². The van der Waals surface area contributed by atoms with Gasteiger partial charge < -0.3 is 10.1 Å². The fourth-order valence-corrected chi connectivity index (χ4v) is 2.27. The van der Waals surface area contributed by atoms with Crippen molar-refractivity contribution in [3.8, 4) is 17.9 Å². The molecule has 1 aliphatic heterocycles. The summed E-state index contributed by atoms with van der Waals surface area (Å²) in [7, 11) is 1.62. The largest absolute Gasteiger partial charge is 0.497 e. The number of nitrogens with zero attached hydrogens (tertiary/aromatic N) is 2. The van der Waals surface area contributed by atoms with Gasteiger partial charge in [-0.2, -0.15) is 10.5 Å². The van der Waals surface area contributed by atoms with Crippen LogP contribution in [0.25, 0.3) is 5.70 Å². The van der Waals surface area contributed by atoms with Gasteiger partial charge in [-0.25, -0.2) is 0 Å². The second-order valence-electron chi connectivity index (χ2n) is 3.43. The van der Waals surface area contributed by atoms with Gasteiger partial charge in [0.25, 0.3) is 0 Å². The van der Waals surface area contributed by atoms with Gasteiger partial charge in [0.2, 0.25) is 0 Å². The van der Waals surface area contributed by atoms with Crippen molar-refractivity contribution in [2.24, 2.45) is 0 Å².